The van der Waals surface area contributed by atoms with E-state index in [1.807, 2.05) is 36.4 Å². The van der Waals surface area contributed by atoms with Gasteiger partial charge in [0.2, 0.25) is 6.10 Å². The molecule has 4 rings (SSSR count). The quantitative estimate of drug-likeness (QED) is 0.737. The third-order valence-corrected chi connectivity index (χ3v) is 4.58. The number of benzene rings is 2. The van der Waals surface area contributed by atoms with Crippen LogP contribution in [0.2, 0.25) is 0 Å². The van der Waals surface area contributed by atoms with Crippen LogP contribution in [0, 0.1) is 0 Å². The maximum Gasteiger partial charge on any atom is 0.268 e. The molecular formula is C21H19N3O4. The van der Waals surface area contributed by atoms with Crippen LogP contribution in [0.5, 0.6) is 11.5 Å². The van der Waals surface area contributed by atoms with Crippen LogP contribution in [0.4, 0.5) is 5.69 Å². The van der Waals surface area contributed by atoms with Gasteiger partial charge < -0.3 is 19.6 Å². The fourth-order valence-electron chi connectivity index (χ4n) is 3.14. The zero-order chi connectivity index (χ0) is 19.5. The second-order valence-electron chi connectivity index (χ2n) is 6.27. The predicted molar refractivity (Wildman–Crippen MR) is 106 cm³/mol. The number of ether oxygens (including phenoxy) is 2. The Kier molecular flexibility index (Phi) is 4.80. The summed E-state index contributed by atoms with van der Waals surface area (Å²) in [6.45, 7) is 0. The normalized spacial score (nSPS) is 15.6. The van der Waals surface area contributed by atoms with E-state index in [1.54, 1.807) is 32.5 Å². The average Bonchev–Trinajstić information content (AvgIpc) is 3.24. The number of oxime groups is 1. The van der Waals surface area contributed by atoms with E-state index in [-0.39, 0.29) is 5.91 Å². The van der Waals surface area contributed by atoms with E-state index in [9.17, 15) is 4.79 Å². The molecule has 0 saturated carbocycles. The Hall–Kier alpha value is -3.61. The number of anilines is 1. The smallest absolute Gasteiger partial charge is 0.268 e. The highest BCUT2D eigenvalue weighted by atomic mass is 16.6. The number of carbonyl (C=O) groups is 1. The van der Waals surface area contributed by atoms with Crippen molar-refractivity contribution in [1.82, 2.24) is 4.98 Å². The minimum atomic E-state index is -0.724. The monoisotopic (exact) mass is 377 g/mol. The van der Waals surface area contributed by atoms with Crippen molar-refractivity contribution in [1.29, 1.82) is 0 Å². The van der Waals surface area contributed by atoms with Gasteiger partial charge in [-0.2, -0.15) is 0 Å². The number of carbonyl (C=O) groups excluding carboxylic acids is 1. The summed E-state index contributed by atoms with van der Waals surface area (Å²) in [6.07, 6.45) is 1.33. The summed E-state index contributed by atoms with van der Waals surface area (Å²) in [6, 6.07) is 14.7. The SMILES string of the molecule is COc1ccc(OC)c(C2=NO[C@@H](C(=O)Nc3cccc4ncccc34)C2)c1. The lowest BCUT2D eigenvalue weighted by atomic mass is 10.0. The summed E-state index contributed by atoms with van der Waals surface area (Å²) in [4.78, 5) is 22.4. The van der Waals surface area contributed by atoms with Crippen LogP contribution in [0.25, 0.3) is 10.9 Å². The first kappa shape index (κ1) is 17.8. The number of rotatable bonds is 5. The first-order valence-corrected chi connectivity index (χ1v) is 8.79. The lowest BCUT2D eigenvalue weighted by Crippen LogP contribution is -2.28. The van der Waals surface area contributed by atoms with Crippen LogP contribution in [0.3, 0.4) is 0 Å². The lowest BCUT2D eigenvalue weighted by molar-refractivity contribution is -0.125. The molecule has 0 aliphatic carbocycles. The van der Waals surface area contributed by atoms with Gasteiger partial charge in [0, 0.05) is 23.6 Å². The summed E-state index contributed by atoms with van der Waals surface area (Å²) in [7, 11) is 3.17. The molecule has 28 heavy (non-hydrogen) atoms. The minimum Gasteiger partial charge on any atom is -0.497 e. The molecule has 1 aliphatic rings. The Morgan fingerprint density at radius 3 is 2.86 bits per heavy atom. The molecule has 1 aromatic heterocycles. The molecular weight excluding hydrogens is 358 g/mol. The molecule has 7 heteroatoms. The van der Waals surface area contributed by atoms with Crippen molar-refractivity contribution in [2.45, 2.75) is 12.5 Å². The number of amides is 1. The van der Waals surface area contributed by atoms with E-state index in [0.29, 0.717) is 29.3 Å². The molecule has 142 valence electrons. The van der Waals surface area contributed by atoms with Crippen molar-refractivity contribution >= 4 is 28.2 Å². The van der Waals surface area contributed by atoms with Gasteiger partial charge in [-0.25, -0.2) is 0 Å². The highest BCUT2D eigenvalue weighted by molar-refractivity contribution is 6.09. The maximum absolute atomic E-state index is 12.7. The van der Waals surface area contributed by atoms with E-state index < -0.39 is 6.10 Å². The topological polar surface area (TPSA) is 82.0 Å². The first-order chi connectivity index (χ1) is 13.7. The Morgan fingerprint density at radius 1 is 1.14 bits per heavy atom. The van der Waals surface area contributed by atoms with Crippen molar-refractivity contribution in [3.8, 4) is 11.5 Å². The van der Waals surface area contributed by atoms with Crippen LogP contribution >= 0.6 is 0 Å². The molecule has 0 fully saturated rings. The van der Waals surface area contributed by atoms with E-state index in [0.717, 1.165) is 16.5 Å². The molecule has 0 radical (unpaired) electrons. The van der Waals surface area contributed by atoms with Crippen LogP contribution in [0.15, 0.2) is 59.9 Å². The third kappa shape index (κ3) is 3.34. The van der Waals surface area contributed by atoms with Gasteiger partial charge in [-0.15, -0.1) is 0 Å². The summed E-state index contributed by atoms with van der Waals surface area (Å²) in [5.41, 5.74) is 2.87. The standard InChI is InChI=1S/C21H19N3O4/c1-26-13-8-9-19(27-2)15(11-13)18-12-20(28-24-18)21(25)23-17-7-3-6-16-14(17)5-4-10-22-16/h3-11,20H,12H2,1-2H3,(H,23,25)/t20-/m1/s1. The summed E-state index contributed by atoms with van der Waals surface area (Å²) in [5.74, 6) is 1.05. The van der Waals surface area contributed by atoms with Gasteiger partial charge in [-0.05, 0) is 42.5 Å². The number of nitrogens with zero attached hydrogens (tertiary/aromatic N) is 2. The van der Waals surface area contributed by atoms with Gasteiger partial charge in [0.1, 0.15) is 11.5 Å². The van der Waals surface area contributed by atoms with Gasteiger partial charge in [0.15, 0.2) is 0 Å². The van der Waals surface area contributed by atoms with Gasteiger partial charge in [-0.1, -0.05) is 11.2 Å². The van der Waals surface area contributed by atoms with Crippen molar-refractivity contribution < 1.29 is 19.1 Å². The average molecular weight is 377 g/mol. The summed E-state index contributed by atoms with van der Waals surface area (Å²) in [5, 5.41) is 7.89. The van der Waals surface area contributed by atoms with Crippen molar-refractivity contribution in [3.05, 3.63) is 60.3 Å². The van der Waals surface area contributed by atoms with E-state index in [4.69, 9.17) is 14.3 Å². The molecule has 2 aromatic carbocycles. The molecule has 1 N–H and O–H groups in total. The minimum absolute atomic E-state index is 0.267. The van der Waals surface area contributed by atoms with E-state index >= 15 is 0 Å². The molecule has 0 saturated heterocycles. The summed E-state index contributed by atoms with van der Waals surface area (Å²) < 4.78 is 10.7. The Bertz CT molecular complexity index is 1060. The molecule has 0 bridgehead atoms. The molecule has 7 nitrogen and oxygen atoms in total. The Balaban J connectivity index is 1.52. The van der Waals surface area contributed by atoms with Crippen LogP contribution in [0.1, 0.15) is 12.0 Å². The molecule has 1 aliphatic heterocycles. The lowest BCUT2D eigenvalue weighted by Gasteiger charge is -2.12. The molecule has 1 atom stereocenters. The van der Waals surface area contributed by atoms with Gasteiger partial charge in [0.25, 0.3) is 5.91 Å². The van der Waals surface area contributed by atoms with Gasteiger partial charge >= 0.3 is 0 Å². The Morgan fingerprint density at radius 2 is 2.04 bits per heavy atom. The van der Waals surface area contributed by atoms with Crippen LogP contribution in [-0.2, 0) is 9.63 Å². The van der Waals surface area contributed by atoms with Gasteiger partial charge in [-0.3, -0.25) is 9.78 Å². The summed E-state index contributed by atoms with van der Waals surface area (Å²) >= 11 is 0. The number of hydrogen-bond donors (Lipinski definition) is 1. The fraction of sp³-hybridized carbons (Fsp3) is 0.190. The molecule has 0 unspecified atom stereocenters. The number of nitrogens with one attached hydrogen (secondary N) is 1. The third-order valence-electron chi connectivity index (χ3n) is 4.58. The number of pyridine rings is 1. The number of methoxy groups -OCH3 is 2. The number of fused-ring (bicyclic) bond motifs is 1. The van der Waals surface area contributed by atoms with Crippen molar-refractivity contribution in [2.24, 2.45) is 5.16 Å². The molecule has 0 spiro atoms. The zero-order valence-corrected chi connectivity index (χ0v) is 15.5. The first-order valence-electron chi connectivity index (χ1n) is 8.79. The molecule has 3 aromatic rings. The molecule has 2 heterocycles. The van der Waals surface area contributed by atoms with E-state index in [2.05, 4.69) is 15.5 Å². The highest BCUT2D eigenvalue weighted by Crippen LogP contribution is 2.29. The second-order valence-corrected chi connectivity index (χ2v) is 6.27. The number of hydrogen-bond acceptors (Lipinski definition) is 6. The fourth-order valence-corrected chi connectivity index (χ4v) is 3.14. The molecule has 1 amide bonds. The van der Waals surface area contributed by atoms with Gasteiger partial charge in [0.05, 0.1) is 31.1 Å². The van der Waals surface area contributed by atoms with Crippen molar-refractivity contribution in [2.75, 3.05) is 19.5 Å². The predicted octanol–water partition coefficient (Wildman–Crippen LogP) is 3.38. The Labute approximate surface area is 161 Å². The maximum atomic E-state index is 12.7. The highest BCUT2D eigenvalue weighted by Gasteiger charge is 2.30. The van der Waals surface area contributed by atoms with Crippen LogP contribution < -0.4 is 14.8 Å². The van der Waals surface area contributed by atoms with E-state index in [1.165, 1.54) is 0 Å². The van der Waals surface area contributed by atoms with Crippen LogP contribution in [-0.4, -0.2) is 36.9 Å². The zero-order valence-electron chi connectivity index (χ0n) is 15.5. The number of aromatic nitrogens is 1. The second kappa shape index (κ2) is 7.56. The van der Waals surface area contributed by atoms with Crippen molar-refractivity contribution in [3.63, 3.8) is 0 Å². The largest absolute Gasteiger partial charge is 0.497 e.